The molecule has 0 spiro atoms. The lowest BCUT2D eigenvalue weighted by Crippen LogP contribution is -2.17. The second kappa shape index (κ2) is 3.29. The molecule has 18 heavy (non-hydrogen) atoms. The van der Waals surface area contributed by atoms with Gasteiger partial charge in [-0.2, -0.15) is 9.65 Å². The van der Waals surface area contributed by atoms with E-state index in [1.165, 1.54) is 0 Å². The van der Waals surface area contributed by atoms with Gasteiger partial charge >= 0.3 is 0 Å². The monoisotopic (exact) mass is 244 g/mol. The maximum Gasteiger partial charge on any atom is 0.238 e. The van der Waals surface area contributed by atoms with E-state index in [0.717, 1.165) is 17.7 Å². The predicted molar refractivity (Wildman–Crippen MR) is 63.7 cm³/mol. The first-order valence-corrected chi connectivity index (χ1v) is 5.89. The molecule has 2 heterocycles. The van der Waals surface area contributed by atoms with Gasteiger partial charge in [0, 0.05) is 17.2 Å². The van der Waals surface area contributed by atoms with Crippen molar-refractivity contribution in [2.24, 2.45) is 0 Å². The molecule has 5 heteroatoms. The summed E-state index contributed by atoms with van der Waals surface area (Å²) >= 11 is 0. The van der Waals surface area contributed by atoms with Crippen molar-refractivity contribution >= 4 is 5.65 Å². The SMILES string of the molecule is Cc1c(F)nn2c3c(cnc12)C(C#N)CC3(C)C. The number of halogens is 1. The summed E-state index contributed by atoms with van der Waals surface area (Å²) in [6, 6.07) is 2.29. The molecule has 0 aromatic carbocycles. The topological polar surface area (TPSA) is 54.0 Å². The Morgan fingerprint density at radius 3 is 2.94 bits per heavy atom. The van der Waals surface area contributed by atoms with Crippen molar-refractivity contribution in [3.8, 4) is 6.07 Å². The summed E-state index contributed by atoms with van der Waals surface area (Å²) in [5.41, 5.74) is 2.58. The molecule has 0 bridgehead atoms. The van der Waals surface area contributed by atoms with Gasteiger partial charge in [0.25, 0.3) is 0 Å². The third-order valence-electron chi connectivity index (χ3n) is 3.73. The van der Waals surface area contributed by atoms with Gasteiger partial charge in [0.05, 0.1) is 23.2 Å². The van der Waals surface area contributed by atoms with Crippen molar-refractivity contribution < 1.29 is 4.39 Å². The average Bonchev–Trinajstić information content (AvgIpc) is 2.75. The molecule has 1 aliphatic rings. The molecule has 0 radical (unpaired) electrons. The fourth-order valence-corrected chi connectivity index (χ4v) is 2.85. The highest BCUT2D eigenvalue weighted by Crippen LogP contribution is 2.45. The van der Waals surface area contributed by atoms with Crippen LogP contribution in [0.2, 0.25) is 0 Å². The Bertz CT molecular complexity index is 693. The van der Waals surface area contributed by atoms with Gasteiger partial charge in [0.1, 0.15) is 0 Å². The largest absolute Gasteiger partial charge is 0.238 e. The maximum absolute atomic E-state index is 13.6. The maximum atomic E-state index is 13.6. The summed E-state index contributed by atoms with van der Waals surface area (Å²) in [4.78, 5) is 4.25. The zero-order valence-electron chi connectivity index (χ0n) is 10.5. The van der Waals surface area contributed by atoms with E-state index in [2.05, 4.69) is 30.0 Å². The van der Waals surface area contributed by atoms with Gasteiger partial charge in [0.2, 0.25) is 5.95 Å². The molecule has 3 rings (SSSR count). The van der Waals surface area contributed by atoms with Crippen molar-refractivity contribution in [3.63, 3.8) is 0 Å². The van der Waals surface area contributed by atoms with Gasteiger partial charge in [-0.1, -0.05) is 13.8 Å². The van der Waals surface area contributed by atoms with Crippen LogP contribution in [-0.4, -0.2) is 14.6 Å². The third-order valence-corrected chi connectivity index (χ3v) is 3.73. The third kappa shape index (κ3) is 1.23. The van der Waals surface area contributed by atoms with Gasteiger partial charge in [-0.05, 0) is 13.3 Å². The van der Waals surface area contributed by atoms with Crippen LogP contribution >= 0.6 is 0 Å². The molecule has 1 aliphatic carbocycles. The number of nitrogens with zero attached hydrogens (tertiary/aromatic N) is 4. The predicted octanol–water partition coefficient (Wildman–Crippen LogP) is 2.47. The molecule has 92 valence electrons. The second-order valence-corrected chi connectivity index (χ2v) is 5.48. The number of fused-ring (bicyclic) bond motifs is 3. The highest BCUT2D eigenvalue weighted by molar-refractivity contribution is 5.52. The standard InChI is InChI=1S/C13H13FN4/c1-7-11(14)17-18-10-9(6-16-12(7)18)8(5-15)4-13(10,2)3/h6,8H,4H2,1-3H3. The Morgan fingerprint density at radius 1 is 1.56 bits per heavy atom. The number of hydrogen-bond donors (Lipinski definition) is 0. The molecule has 0 amide bonds. The van der Waals surface area contributed by atoms with Crippen LogP contribution in [0.25, 0.3) is 5.65 Å². The summed E-state index contributed by atoms with van der Waals surface area (Å²) in [6.07, 6.45) is 2.42. The molecule has 0 fully saturated rings. The van der Waals surface area contributed by atoms with E-state index < -0.39 is 5.95 Å². The number of aromatic nitrogens is 3. The molecule has 0 saturated carbocycles. The minimum Gasteiger partial charge on any atom is -0.236 e. The van der Waals surface area contributed by atoms with Gasteiger partial charge in [-0.15, -0.1) is 5.10 Å². The Labute approximate surface area is 104 Å². The van der Waals surface area contributed by atoms with E-state index >= 15 is 0 Å². The summed E-state index contributed by atoms with van der Waals surface area (Å²) in [6.45, 7) is 5.77. The molecule has 0 N–H and O–H groups in total. The van der Waals surface area contributed by atoms with E-state index in [1.54, 1.807) is 17.6 Å². The minimum absolute atomic E-state index is 0.181. The first-order valence-electron chi connectivity index (χ1n) is 5.89. The van der Waals surface area contributed by atoms with Crippen LogP contribution in [0.1, 0.15) is 43.0 Å². The van der Waals surface area contributed by atoms with Crippen molar-refractivity contribution in [1.82, 2.24) is 14.6 Å². The van der Waals surface area contributed by atoms with Crippen LogP contribution in [0.3, 0.4) is 0 Å². The summed E-state index contributed by atoms with van der Waals surface area (Å²) in [5.74, 6) is -0.674. The molecule has 1 unspecified atom stereocenters. The van der Waals surface area contributed by atoms with Gasteiger partial charge in [-0.25, -0.2) is 9.50 Å². The zero-order valence-corrected chi connectivity index (χ0v) is 10.5. The Kier molecular flexibility index (Phi) is 2.03. The molecule has 0 aliphatic heterocycles. The Balaban J connectivity index is 2.43. The van der Waals surface area contributed by atoms with Crippen LogP contribution in [-0.2, 0) is 5.41 Å². The van der Waals surface area contributed by atoms with Crippen LogP contribution in [0, 0.1) is 24.2 Å². The summed E-state index contributed by atoms with van der Waals surface area (Å²) in [7, 11) is 0. The number of aryl methyl sites for hydroxylation is 1. The summed E-state index contributed by atoms with van der Waals surface area (Å²) in [5, 5.41) is 13.1. The van der Waals surface area contributed by atoms with Crippen molar-refractivity contribution in [1.29, 1.82) is 5.26 Å². The first kappa shape index (κ1) is 11.1. The van der Waals surface area contributed by atoms with Crippen LogP contribution in [0.5, 0.6) is 0 Å². The van der Waals surface area contributed by atoms with Crippen LogP contribution < -0.4 is 0 Å². The molecule has 0 saturated heterocycles. The van der Waals surface area contributed by atoms with E-state index in [9.17, 15) is 9.65 Å². The van der Waals surface area contributed by atoms with Crippen molar-refractivity contribution in [2.45, 2.75) is 38.5 Å². The molecule has 1 atom stereocenters. The quantitative estimate of drug-likeness (QED) is 0.715. The fraction of sp³-hybridized carbons (Fsp3) is 0.462. The van der Waals surface area contributed by atoms with Crippen molar-refractivity contribution in [2.75, 3.05) is 0 Å². The normalized spacial score (nSPS) is 20.9. The molecular weight excluding hydrogens is 231 g/mol. The van der Waals surface area contributed by atoms with E-state index in [-0.39, 0.29) is 11.3 Å². The smallest absolute Gasteiger partial charge is 0.236 e. The molecule has 4 nitrogen and oxygen atoms in total. The van der Waals surface area contributed by atoms with Gasteiger partial charge < -0.3 is 0 Å². The van der Waals surface area contributed by atoms with Gasteiger partial charge in [0.15, 0.2) is 5.65 Å². The highest BCUT2D eigenvalue weighted by atomic mass is 19.1. The zero-order chi connectivity index (χ0) is 13.1. The molecular formula is C13H13FN4. The number of nitriles is 1. The Morgan fingerprint density at radius 2 is 2.28 bits per heavy atom. The van der Waals surface area contributed by atoms with E-state index in [4.69, 9.17) is 0 Å². The van der Waals surface area contributed by atoms with Gasteiger partial charge in [-0.3, -0.25) is 0 Å². The molecule has 2 aromatic rings. The number of rotatable bonds is 0. The van der Waals surface area contributed by atoms with Crippen LogP contribution in [0.15, 0.2) is 6.20 Å². The molecule has 2 aromatic heterocycles. The Hall–Kier alpha value is -1.96. The van der Waals surface area contributed by atoms with Crippen LogP contribution in [0.4, 0.5) is 4.39 Å². The lowest BCUT2D eigenvalue weighted by molar-refractivity contribution is 0.478. The fourth-order valence-electron chi connectivity index (χ4n) is 2.85. The first-order chi connectivity index (χ1) is 8.45. The lowest BCUT2D eigenvalue weighted by Gasteiger charge is -2.19. The minimum atomic E-state index is -0.493. The summed E-state index contributed by atoms with van der Waals surface area (Å²) < 4.78 is 15.2. The van der Waals surface area contributed by atoms with E-state index in [0.29, 0.717) is 11.2 Å². The van der Waals surface area contributed by atoms with Crippen molar-refractivity contribution in [3.05, 3.63) is 29.0 Å². The highest BCUT2D eigenvalue weighted by Gasteiger charge is 2.40. The van der Waals surface area contributed by atoms with E-state index in [1.807, 2.05) is 0 Å². The second-order valence-electron chi connectivity index (χ2n) is 5.48. The lowest BCUT2D eigenvalue weighted by atomic mass is 9.89. The number of hydrogen-bond acceptors (Lipinski definition) is 3. The average molecular weight is 244 g/mol.